The number of nitrogens with zero attached hydrogens (tertiary/aromatic N) is 5. The van der Waals surface area contributed by atoms with Gasteiger partial charge in [-0.25, -0.2) is 24.3 Å². The second-order valence-corrected chi connectivity index (χ2v) is 8.02. The third kappa shape index (κ3) is 4.64. The van der Waals surface area contributed by atoms with Crippen molar-refractivity contribution in [2.75, 3.05) is 6.54 Å². The van der Waals surface area contributed by atoms with Gasteiger partial charge in [0.2, 0.25) is 5.89 Å². The minimum absolute atomic E-state index is 0.164. The molecule has 1 amide bonds. The Morgan fingerprint density at radius 1 is 1.09 bits per heavy atom. The summed E-state index contributed by atoms with van der Waals surface area (Å²) in [6.45, 7) is 0.603. The van der Waals surface area contributed by atoms with Crippen molar-refractivity contribution in [3.8, 4) is 11.3 Å². The van der Waals surface area contributed by atoms with Crippen LogP contribution in [0.4, 0.5) is 4.39 Å². The number of benzene rings is 1. The van der Waals surface area contributed by atoms with Crippen molar-refractivity contribution in [2.24, 2.45) is 0 Å². The molecule has 1 atom stereocenters. The summed E-state index contributed by atoms with van der Waals surface area (Å²) in [6.07, 6.45) is 9.53. The Bertz CT molecular complexity index is 1260. The molecule has 4 aromatic rings. The molecular weight excluding hydrogens is 421 g/mol. The minimum atomic E-state index is -0.284. The Labute approximate surface area is 190 Å². The molecule has 1 saturated heterocycles. The van der Waals surface area contributed by atoms with Crippen molar-refractivity contribution < 1.29 is 13.6 Å². The Kier molecular flexibility index (Phi) is 5.89. The predicted molar refractivity (Wildman–Crippen MR) is 119 cm³/mol. The number of carbonyl (C=O) groups is 1. The maximum absolute atomic E-state index is 13.5. The Balaban J connectivity index is 1.37. The maximum Gasteiger partial charge on any atom is 0.273 e. The van der Waals surface area contributed by atoms with E-state index in [9.17, 15) is 9.18 Å². The van der Waals surface area contributed by atoms with Gasteiger partial charge in [-0.15, -0.1) is 0 Å². The molecule has 0 radical (unpaired) electrons. The van der Waals surface area contributed by atoms with Crippen molar-refractivity contribution in [2.45, 2.75) is 31.7 Å². The summed E-state index contributed by atoms with van der Waals surface area (Å²) in [5.41, 5.74) is 2.55. The van der Waals surface area contributed by atoms with Gasteiger partial charge in [0.15, 0.2) is 0 Å². The Hall–Kier alpha value is -3.94. The fraction of sp³-hybridized carbons (Fsp3) is 0.240. The molecule has 0 bridgehead atoms. The van der Waals surface area contributed by atoms with Gasteiger partial charge in [-0.3, -0.25) is 4.79 Å². The zero-order valence-corrected chi connectivity index (χ0v) is 17.9. The van der Waals surface area contributed by atoms with E-state index in [0.717, 1.165) is 30.4 Å². The monoisotopic (exact) mass is 443 g/mol. The molecule has 3 aromatic heterocycles. The fourth-order valence-corrected chi connectivity index (χ4v) is 4.13. The van der Waals surface area contributed by atoms with Crippen LogP contribution >= 0.6 is 0 Å². The Morgan fingerprint density at radius 2 is 1.94 bits per heavy atom. The summed E-state index contributed by atoms with van der Waals surface area (Å²) in [5.74, 6) is 0.691. The van der Waals surface area contributed by atoms with Crippen LogP contribution in [0.25, 0.3) is 11.3 Å². The molecule has 7 nitrogen and oxygen atoms in total. The second-order valence-electron chi connectivity index (χ2n) is 8.02. The lowest BCUT2D eigenvalue weighted by molar-refractivity contribution is 0.0564. The lowest BCUT2D eigenvalue weighted by Gasteiger charge is -2.33. The van der Waals surface area contributed by atoms with Gasteiger partial charge in [-0.2, -0.15) is 0 Å². The molecule has 5 rings (SSSR count). The van der Waals surface area contributed by atoms with Gasteiger partial charge >= 0.3 is 0 Å². The molecule has 0 saturated carbocycles. The van der Waals surface area contributed by atoms with E-state index in [2.05, 4.69) is 19.9 Å². The van der Waals surface area contributed by atoms with Gasteiger partial charge < -0.3 is 9.32 Å². The number of piperidine rings is 1. The van der Waals surface area contributed by atoms with Gasteiger partial charge in [-0.1, -0.05) is 18.2 Å². The number of aromatic nitrogens is 4. The highest BCUT2D eigenvalue weighted by Crippen LogP contribution is 2.32. The normalized spacial score (nSPS) is 16.0. The predicted octanol–water partition coefficient (Wildman–Crippen LogP) is 4.62. The van der Waals surface area contributed by atoms with Crippen LogP contribution < -0.4 is 0 Å². The number of pyridine rings is 1. The molecule has 33 heavy (non-hydrogen) atoms. The number of amides is 1. The smallest absolute Gasteiger partial charge is 0.273 e. The van der Waals surface area contributed by atoms with E-state index in [4.69, 9.17) is 4.42 Å². The second kappa shape index (κ2) is 9.28. The van der Waals surface area contributed by atoms with Crippen LogP contribution in [0.3, 0.4) is 0 Å². The van der Waals surface area contributed by atoms with Crippen molar-refractivity contribution in [3.05, 3.63) is 96.1 Å². The molecule has 1 fully saturated rings. The van der Waals surface area contributed by atoms with Crippen molar-refractivity contribution in [1.29, 1.82) is 0 Å². The van der Waals surface area contributed by atoms with Crippen molar-refractivity contribution >= 4 is 5.91 Å². The first-order valence-electron chi connectivity index (χ1n) is 10.9. The number of hydrogen-bond donors (Lipinski definition) is 0. The van der Waals surface area contributed by atoms with E-state index >= 15 is 0 Å². The van der Waals surface area contributed by atoms with Crippen LogP contribution in [0.15, 0.2) is 71.8 Å². The van der Waals surface area contributed by atoms with Gasteiger partial charge in [0.05, 0.1) is 11.9 Å². The SMILES string of the molecule is O=C(c1cccc(-c2cncnc2)n1)N1CCCC[C@@H]1c1ncc(Cc2cccc(F)c2)o1. The van der Waals surface area contributed by atoms with Crippen LogP contribution in [-0.4, -0.2) is 37.3 Å². The summed E-state index contributed by atoms with van der Waals surface area (Å²) >= 11 is 0. The van der Waals surface area contributed by atoms with E-state index in [1.54, 1.807) is 35.6 Å². The highest BCUT2D eigenvalue weighted by molar-refractivity contribution is 5.93. The third-order valence-corrected chi connectivity index (χ3v) is 5.71. The van der Waals surface area contributed by atoms with Crippen LogP contribution in [0.1, 0.15) is 53.0 Å². The lowest BCUT2D eigenvalue weighted by atomic mass is 10.0. The highest BCUT2D eigenvalue weighted by atomic mass is 19.1. The van der Waals surface area contributed by atoms with Crippen molar-refractivity contribution in [3.63, 3.8) is 0 Å². The molecule has 8 heteroatoms. The number of hydrogen-bond acceptors (Lipinski definition) is 6. The number of carbonyl (C=O) groups excluding carboxylic acids is 1. The fourth-order valence-electron chi connectivity index (χ4n) is 4.13. The van der Waals surface area contributed by atoms with E-state index < -0.39 is 0 Å². The molecule has 0 spiro atoms. The zero-order chi connectivity index (χ0) is 22.6. The first-order valence-corrected chi connectivity index (χ1v) is 10.9. The molecule has 0 aliphatic carbocycles. The molecule has 0 N–H and O–H groups in total. The topological polar surface area (TPSA) is 85.0 Å². The quantitative estimate of drug-likeness (QED) is 0.447. The van der Waals surface area contributed by atoms with Crippen molar-refractivity contribution in [1.82, 2.24) is 24.8 Å². The van der Waals surface area contributed by atoms with Crippen LogP contribution in [0, 0.1) is 5.82 Å². The van der Waals surface area contributed by atoms with Gasteiger partial charge in [-0.05, 0) is 49.1 Å². The number of likely N-dealkylation sites (tertiary alicyclic amines) is 1. The lowest BCUT2D eigenvalue weighted by Crippen LogP contribution is -2.39. The molecule has 0 unspecified atom stereocenters. The van der Waals surface area contributed by atoms with Gasteiger partial charge in [0.1, 0.15) is 29.6 Å². The highest BCUT2D eigenvalue weighted by Gasteiger charge is 2.32. The van der Waals surface area contributed by atoms with Gasteiger partial charge in [0, 0.05) is 30.9 Å². The molecule has 4 heterocycles. The zero-order valence-electron chi connectivity index (χ0n) is 17.9. The summed E-state index contributed by atoms with van der Waals surface area (Å²) < 4.78 is 19.5. The number of oxazole rings is 1. The average Bonchev–Trinajstić information content (AvgIpc) is 3.32. The molecule has 1 aliphatic heterocycles. The minimum Gasteiger partial charge on any atom is -0.443 e. The third-order valence-electron chi connectivity index (χ3n) is 5.71. The van der Waals surface area contributed by atoms with Gasteiger partial charge in [0.25, 0.3) is 5.91 Å². The van der Waals surface area contributed by atoms with E-state index in [0.29, 0.717) is 36.0 Å². The average molecular weight is 443 g/mol. The van der Waals surface area contributed by atoms with Crippen LogP contribution in [0.5, 0.6) is 0 Å². The summed E-state index contributed by atoms with van der Waals surface area (Å²) in [4.78, 5) is 32.3. The Morgan fingerprint density at radius 3 is 2.79 bits per heavy atom. The first-order chi connectivity index (χ1) is 16.2. The molecule has 1 aromatic carbocycles. The maximum atomic E-state index is 13.5. The van der Waals surface area contributed by atoms with E-state index in [-0.39, 0.29) is 17.8 Å². The number of rotatable bonds is 5. The number of halogens is 1. The van der Waals surface area contributed by atoms with E-state index in [1.165, 1.54) is 18.5 Å². The largest absolute Gasteiger partial charge is 0.443 e. The van der Waals surface area contributed by atoms with Crippen LogP contribution in [0.2, 0.25) is 0 Å². The standard InChI is InChI=1S/C25H22FN5O2/c26-19-6-3-5-17(11-19)12-20-15-29-24(33-20)23-9-1-2-10-31(23)25(32)22-8-4-7-21(30-22)18-13-27-16-28-14-18/h3-8,11,13-16,23H,1-2,9-10,12H2/t23-/m1/s1. The molecule has 1 aliphatic rings. The summed E-state index contributed by atoms with van der Waals surface area (Å²) in [7, 11) is 0. The van der Waals surface area contributed by atoms with E-state index in [1.807, 2.05) is 18.2 Å². The summed E-state index contributed by atoms with van der Waals surface area (Å²) in [6, 6.07) is 11.5. The van der Waals surface area contributed by atoms with Crippen LogP contribution in [-0.2, 0) is 6.42 Å². The first kappa shape index (κ1) is 20.9. The molecular formula is C25H22FN5O2. The molecule has 166 valence electrons. The summed E-state index contributed by atoms with van der Waals surface area (Å²) in [5, 5.41) is 0.